The molecule has 0 spiro atoms. The number of allylic oxidation sites excluding steroid dienone is 1. The molecular formula is C23H24N4S2. The predicted octanol–water partition coefficient (Wildman–Crippen LogP) is 6.66. The Balaban J connectivity index is 1.51. The molecule has 29 heavy (non-hydrogen) atoms. The summed E-state index contributed by atoms with van der Waals surface area (Å²) in [6, 6.07) is 9.16. The van der Waals surface area contributed by atoms with Crippen molar-refractivity contribution in [2.45, 2.75) is 40.0 Å². The van der Waals surface area contributed by atoms with Crippen molar-refractivity contribution in [2.24, 2.45) is 10.9 Å². The molecule has 1 aliphatic heterocycles. The van der Waals surface area contributed by atoms with E-state index in [0.717, 1.165) is 22.8 Å². The van der Waals surface area contributed by atoms with Crippen LogP contribution in [0.2, 0.25) is 0 Å². The molecule has 1 aromatic carbocycles. The van der Waals surface area contributed by atoms with Crippen LogP contribution in [-0.2, 0) is 0 Å². The summed E-state index contributed by atoms with van der Waals surface area (Å²) < 4.78 is 4.33. The molecule has 0 radical (unpaired) electrons. The smallest absolute Gasteiger partial charge is 0.130 e. The van der Waals surface area contributed by atoms with Gasteiger partial charge in [0.2, 0.25) is 0 Å². The number of thiophene rings is 2. The summed E-state index contributed by atoms with van der Waals surface area (Å²) in [5.74, 6) is 8.03. The first-order chi connectivity index (χ1) is 13.9. The molecule has 0 unspecified atom stereocenters. The molecule has 4 aromatic rings. The number of hydrogen-bond acceptors (Lipinski definition) is 5. The van der Waals surface area contributed by atoms with Gasteiger partial charge in [0.05, 0.1) is 16.8 Å². The van der Waals surface area contributed by atoms with Crippen LogP contribution in [0.25, 0.3) is 36.3 Å². The van der Waals surface area contributed by atoms with Crippen LogP contribution in [0.15, 0.2) is 41.7 Å². The SMILES string of the molecule is CC(C)C1=NC=C(c2cc3cc4sc(-c5cnc(C(C)C)n5N)cc4cc3s2)C1. The van der Waals surface area contributed by atoms with Crippen LogP contribution in [0, 0.1) is 5.92 Å². The number of hydrogen-bond donors (Lipinski definition) is 1. The lowest BCUT2D eigenvalue weighted by atomic mass is 10.0. The van der Waals surface area contributed by atoms with Gasteiger partial charge < -0.3 is 5.84 Å². The molecule has 0 saturated carbocycles. The summed E-state index contributed by atoms with van der Waals surface area (Å²) in [5.41, 5.74) is 3.60. The number of aliphatic imine (C=N–C) groups is 1. The van der Waals surface area contributed by atoms with Crippen molar-refractivity contribution in [3.63, 3.8) is 0 Å². The molecule has 0 bridgehead atoms. The van der Waals surface area contributed by atoms with Gasteiger partial charge in [-0.3, -0.25) is 4.99 Å². The van der Waals surface area contributed by atoms with E-state index in [-0.39, 0.29) is 0 Å². The number of fused-ring (bicyclic) bond motifs is 2. The summed E-state index contributed by atoms with van der Waals surface area (Å²) in [6.45, 7) is 8.65. The highest BCUT2D eigenvalue weighted by molar-refractivity contribution is 7.23. The lowest BCUT2D eigenvalue weighted by Crippen LogP contribution is -2.14. The third-order valence-corrected chi connectivity index (χ3v) is 7.78. The molecule has 0 amide bonds. The first kappa shape index (κ1) is 18.6. The Labute approximate surface area is 178 Å². The first-order valence-electron chi connectivity index (χ1n) is 9.97. The van der Waals surface area contributed by atoms with E-state index in [1.54, 1.807) is 16.0 Å². The Hall–Kier alpha value is -2.44. The third kappa shape index (κ3) is 3.11. The van der Waals surface area contributed by atoms with Crippen molar-refractivity contribution in [1.29, 1.82) is 0 Å². The average Bonchev–Trinajstić information content (AvgIpc) is 3.43. The Morgan fingerprint density at radius 2 is 1.59 bits per heavy atom. The minimum absolute atomic E-state index is 0.303. The standard InChI is InChI=1S/C23H24N4S2/c1-12(2)17-5-16(10-25-17)21-8-14-6-20-15(7-19(14)28-21)9-22(29-20)18-11-26-23(13(3)4)27(18)24/h6-13H,5,24H2,1-4H3. The quantitative estimate of drug-likeness (QED) is 0.375. The van der Waals surface area contributed by atoms with Crippen molar-refractivity contribution >= 4 is 54.1 Å². The van der Waals surface area contributed by atoms with Crippen molar-refractivity contribution in [3.8, 4) is 10.6 Å². The van der Waals surface area contributed by atoms with Crippen molar-refractivity contribution in [3.05, 3.63) is 47.4 Å². The largest absolute Gasteiger partial charge is 0.337 e. The van der Waals surface area contributed by atoms with Crippen LogP contribution in [0.3, 0.4) is 0 Å². The Morgan fingerprint density at radius 1 is 0.931 bits per heavy atom. The Bertz CT molecular complexity index is 1250. The van der Waals surface area contributed by atoms with Crippen LogP contribution in [0.5, 0.6) is 0 Å². The second kappa shape index (κ2) is 6.82. The molecule has 0 aliphatic carbocycles. The maximum Gasteiger partial charge on any atom is 0.130 e. The molecular weight excluding hydrogens is 396 g/mol. The molecule has 2 N–H and O–H groups in total. The van der Waals surface area contributed by atoms with Crippen molar-refractivity contribution in [2.75, 3.05) is 5.84 Å². The second-order valence-corrected chi connectivity index (χ2v) is 10.4. The van der Waals surface area contributed by atoms with Gasteiger partial charge in [-0.1, -0.05) is 27.7 Å². The van der Waals surface area contributed by atoms with Crippen LogP contribution >= 0.6 is 22.7 Å². The van der Waals surface area contributed by atoms with Gasteiger partial charge in [0.1, 0.15) is 5.82 Å². The normalized spacial score (nSPS) is 14.6. The number of nitrogens with zero attached hydrogens (tertiary/aromatic N) is 3. The fourth-order valence-corrected chi connectivity index (χ4v) is 5.99. The van der Waals surface area contributed by atoms with E-state index in [4.69, 9.17) is 5.84 Å². The lowest BCUT2D eigenvalue weighted by molar-refractivity contribution is 0.738. The van der Waals surface area contributed by atoms with Gasteiger partial charge in [-0.25, -0.2) is 9.66 Å². The molecule has 0 saturated heterocycles. The molecule has 4 heterocycles. The highest BCUT2D eigenvalue weighted by Crippen LogP contribution is 2.40. The minimum atomic E-state index is 0.303. The highest BCUT2D eigenvalue weighted by Gasteiger charge is 2.18. The monoisotopic (exact) mass is 420 g/mol. The zero-order valence-corrected chi connectivity index (χ0v) is 18.7. The molecule has 4 nitrogen and oxygen atoms in total. The van der Waals surface area contributed by atoms with Crippen molar-refractivity contribution < 1.29 is 0 Å². The maximum atomic E-state index is 6.31. The summed E-state index contributed by atoms with van der Waals surface area (Å²) >= 11 is 3.64. The van der Waals surface area contributed by atoms with Gasteiger partial charge in [0.15, 0.2) is 0 Å². The number of benzene rings is 1. The zero-order valence-electron chi connectivity index (χ0n) is 17.1. The first-order valence-corrected chi connectivity index (χ1v) is 11.6. The Morgan fingerprint density at radius 3 is 2.17 bits per heavy atom. The molecule has 6 heteroatoms. The third-order valence-electron chi connectivity index (χ3n) is 5.49. The predicted molar refractivity (Wildman–Crippen MR) is 128 cm³/mol. The number of aromatic nitrogens is 2. The van der Waals surface area contributed by atoms with Gasteiger partial charge in [0, 0.05) is 38.5 Å². The molecule has 0 atom stereocenters. The van der Waals surface area contributed by atoms with Gasteiger partial charge in [-0.05, 0) is 46.5 Å². The number of imidazole rings is 1. The summed E-state index contributed by atoms with van der Waals surface area (Å²) in [6.07, 6.45) is 4.91. The van der Waals surface area contributed by atoms with E-state index in [9.17, 15) is 0 Å². The number of rotatable bonds is 4. The fourth-order valence-electron chi connectivity index (χ4n) is 3.79. The van der Waals surface area contributed by atoms with Gasteiger partial charge in [-0.2, -0.15) is 0 Å². The zero-order chi connectivity index (χ0) is 20.3. The molecule has 1 aliphatic rings. The second-order valence-electron chi connectivity index (χ2n) is 8.28. The topological polar surface area (TPSA) is 56.2 Å². The van der Waals surface area contributed by atoms with Gasteiger partial charge >= 0.3 is 0 Å². The van der Waals surface area contributed by atoms with Gasteiger partial charge in [0.25, 0.3) is 0 Å². The van der Waals surface area contributed by atoms with Crippen LogP contribution in [-0.4, -0.2) is 15.4 Å². The molecule has 5 rings (SSSR count). The van der Waals surface area contributed by atoms with Crippen LogP contribution < -0.4 is 5.84 Å². The van der Waals surface area contributed by atoms with Crippen LogP contribution in [0.4, 0.5) is 0 Å². The maximum absolute atomic E-state index is 6.31. The summed E-state index contributed by atoms with van der Waals surface area (Å²) in [4.78, 5) is 11.6. The summed E-state index contributed by atoms with van der Waals surface area (Å²) in [5, 5.41) is 2.56. The highest BCUT2D eigenvalue weighted by atomic mass is 32.1. The molecule has 3 aromatic heterocycles. The molecule has 0 fully saturated rings. The van der Waals surface area contributed by atoms with E-state index >= 15 is 0 Å². The van der Waals surface area contributed by atoms with E-state index < -0.39 is 0 Å². The van der Waals surface area contributed by atoms with E-state index in [0.29, 0.717) is 11.8 Å². The number of nitrogens with two attached hydrogens (primary N) is 1. The van der Waals surface area contributed by atoms with E-state index in [2.05, 4.69) is 68.1 Å². The minimum Gasteiger partial charge on any atom is -0.337 e. The Kier molecular flexibility index (Phi) is 4.37. The van der Waals surface area contributed by atoms with Crippen molar-refractivity contribution in [1.82, 2.24) is 9.66 Å². The van der Waals surface area contributed by atoms with Crippen LogP contribution in [0.1, 0.15) is 50.7 Å². The summed E-state index contributed by atoms with van der Waals surface area (Å²) in [7, 11) is 0. The van der Waals surface area contributed by atoms with Gasteiger partial charge in [-0.15, -0.1) is 22.7 Å². The lowest BCUT2D eigenvalue weighted by Gasteiger charge is -2.06. The van der Waals surface area contributed by atoms with E-state index in [1.165, 1.54) is 36.3 Å². The van der Waals surface area contributed by atoms with E-state index in [1.807, 2.05) is 17.5 Å². The fraction of sp³-hybridized carbons (Fsp3) is 0.304. The number of nitrogen functional groups attached to an aromatic ring is 1. The molecule has 148 valence electrons. The average molecular weight is 421 g/mol.